The maximum Gasteiger partial charge on any atom is 0.175 e. The molecule has 0 unspecified atom stereocenters. The van der Waals surface area contributed by atoms with Crippen LogP contribution in [0.2, 0.25) is 0 Å². The number of ketones is 1. The summed E-state index contributed by atoms with van der Waals surface area (Å²) in [6.45, 7) is 4.84. The Labute approximate surface area is 188 Å². The van der Waals surface area contributed by atoms with Crippen molar-refractivity contribution >= 4 is 32.2 Å². The summed E-state index contributed by atoms with van der Waals surface area (Å²) in [6.07, 6.45) is 3.03. The second-order valence-corrected chi connectivity index (χ2v) is 10.7. The zero-order chi connectivity index (χ0) is 22.5. The van der Waals surface area contributed by atoms with Gasteiger partial charge in [-0.05, 0) is 43.5 Å². The maximum absolute atomic E-state index is 13.3. The Morgan fingerprint density at radius 2 is 1.75 bits per heavy atom. The molecule has 1 aromatic heterocycles. The first kappa shape index (κ1) is 21.1. The van der Waals surface area contributed by atoms with Gasteiger partial charge in [0.1, 0.15) is 0 Å². The molecule has 6 nitrogen and oxygen atoms in total. The molecule has 166 valence electrons. The average Bonchev–Trinajstić information content (AvgIpc) is 3.63. The number of aromatic nitrogens is 1. The Bertz CT molecular complexity index is 1310. The minimum absolute atomic E-state index is 0.0596. The minimum atomic E-state index is -3.30. The van der Waals surface area contributed by atoms with Gasteiger partial charge in [-0.2, -0.15) is 0 Å². The first-order chi connectivity index (χ1) is 15.3. The van der Waals surface area contributed by atoms with Crippen LogP contribution in [0.4, 0.5) is 5.69 Å². The van der Waals surface area contributed by atoms with Crippen LogP contribution in [-0.2, 0) is 14.6 Å². The van der Waals surface area contributed by atoms with Gasteiger partial charge in [0.15, 0.2) is 15.6 Å². The van der Waals surface area contributed by atoms with Crippen LogP contribution in [-0.4, -0.2) is 51.7 Å². The topological polar surface area (TPSA) is 76.6 Å². The van der Waals surface area contributed by atoms with E-state index >= 15 is 0 Å². The fourth-order valence-corrected chi connectivity index (χ4v) is 5.10. The van der Waals surface area contributed by atoms with Crippen molar-refractivity contribution in [3.05, 3.63) is 53.7 Å². The van der Waals surface area contributed by atoms with Gasteiger partial charge in [0.05, 0.1) is 29.3 Å². The van der Waals surface area contributed by atoms with Crippen molar-refractivity contribution in [3.63, 3.8) is 0 Å². The van der Waals surface area contributed by atoms with Crippen molar-refractivity contribution in [1.29, 1.82) is 0 Å². The molecule has 2 heterocycles. The third-order valence-electron chi connectivity index (χ3n) is 6.29. The standard InChI is InChI=1S/C25H26N2O4S/c1-16-22(25(28)18-6-7-18)23(17-8-10-19(11-9-17)32(2,29)30)20-4-3-5-21(24(20)26-16)27-12-14-31-15-13-27/h3-5,8-11,18H,6-7,12-15H2,1-2H3. The summed E-state index contributed by atoms with van der Waals surface area (Å²) in [4.78, 5) is 20.8. The highest BCUT2D eigenvalue weighted by Gasteiger charge is 2.34. The van der Waals surface area contributed by atoms with Crippen LogP contribution in [0.3, 0.4) is 0 Å². The van der Waals surface area contributed by atoms with Gasteiger partial charge in [0.25, 0.3) is 0 Å². The number of sulfone groups is 1. The number of ether oxygens (including phenoxy) is 1. The quantitative estimate of drug-likeness (QED) is 0.546. The van der Waals surface area contributed by atoms with Gasteiger partial charge in [0, 0.05) is 47.5 Å². The number of carbonyl (C=O) groups is 1. The van der Waals surface area contributed by atoms with E-state index in [1.165, 1.54) is 6.26 Å². The van der Waals surface area contributed by atoms with Crippen LogP contribution < -0.4 is 4.90 Å². The first-order valence-electron chi connectivity index (χ1n) is 11.0. The van der Waals surface area contributed by atoms with E-state index in [9.17, 15) is 13.2 Å². The van der Waals surface area contributed by atoms with Gasteiger partial charge in [-0.25, -0.2) is 8.42 Å². The molecule has 0 amide bonds. The van der Waals surface area contributed by atoms with Crippen molar-refractivity contribution in [3.8, 4) is 11.1 Å². The lowest BCUT2D eigenvalue weighted by molar-refractivity contribution is 0.0967. The van der Waals surface area contributed by atoms with Crippen molar-refractivity contribution in [1.82, 2.24) is 4.98 Å². The van der Waals surface area contributed by atoms with Crippen molar-refractivity contribution in [2.75, 3.05) is 37.5 Å². The van der Waals surface area contributed by atoms with Crippen LogP contribution in [0.15, 0.2) is 47.4 Å². The molecule has 32 heavy (non-hydrogen) atoms. The van der Waals surface area contributed by atoms with Gasteiger partial charge < -0.3 is 9.64 Å². The second kappa shape index (κ2) is 7.98. The Hall–Kier alpha value is -2.77. The van der Waals surface area contributed by atoms with Crippen LogP contribution in [0.5, 0.6) is 0 Å². The van der Waals surface area contributed by atoms with Crippen LogP contribution in [0.25, 0.3) is 22.0 Å². The van der Waals surface area contributed by atoms with E-state index in [1.807, 2.05) is 19.1 Å². The number of pyridine rings is 1. The third-order valence-corrected chi connectivity index (χ3v) is 7.42. The molecular weight excluding hydrogens is 424 g/mol. The number of morpholine rings is 1. The lowest BCUT2D eigenvalue weighted by Gasteiger charge is -2.30. The smallest absolute Gasteiger partial charge is 0.175 e. The molecule has 0 atom stereocenters. The number of para-hydroxylation sites is 1. The highest BCUT2D eigenvalue weighted by Crippen LogP contribution is 2.41. The van der Waals surface area contributed by atoms with E-state index in [4.69, 9.17) is 9.72 Å². The van der Waals surface area contributed by atoms with Crippen LogP contribution >= 0.6 is 0 Å². The van der Waals surface area contributed by atoms with E-state index < -0.39 is 9.84 Å². The minimum Gasteiger partial charge on any atom is -0.378 e. The highest BCUT2D eigenvalue weighted by molar-refractivity contribution is 7.90. The summed E-state index contributed by atoms with van der Waals surface area (Å²) in [6, 6.07) is 12.9. The number of hydrogen-bond donors (Lipinski definition) is 0. The summed E-state index contributed by atoms with van der Waals surface area (Å²) >= 11 is 0. The summed E-state index contributed by atoms with van der Waals surface area (Å²) in [5, 5.41) is 0.913. The Balaban J connectivity index is 1.76. The number of carbonyl (C=O) groups excluding carboxylic acids is 1. The number of fused-ring (bicyclic) bond motifs is 1. The fourth-order valence-electron chi connectivity index (χ4n) is 4.47. The number of Topliss-reactive ketones (excluding diaryl/α,β-unsaturated/α-hetero) is 1. The molecule has 1 saturated heterocycles. The highest BCUT2D eigenvalue weighted by atomic mass is 32.2. The number of aryl methyl sites for hydroxylation is 1. The molecular formula is C25H26N2O4S. The van der Waals surface area contributed by atoms with E-state index in [-0.39, 0.29) is 16.6 Å². The number of rotatable bonds is 5. The Kier molecular flexibility index (Phi) is 5.26. The lowest BCUT2D eigenvalue weighted by Crippen LogP contribution is -2.36. The zero-order valence-electron chi connectivity index (χ0n) is 18.3. The molecule has 2 fully saturated rings. The number of hydrogen-bond acceptors (Lipinski definition) is 6. The molecule has 3 aromatic rings. The van der Waals surface area contributed by atoms with E-state index in [2.05, 4.69) is 11.0 Å². The molecule has 7 heteroatoms. The molecule has 0 bridgehead atoms. The molecule has 5 rings (SSSR count). The summed E-state index contributed by atoms with van der Waals surface area (Å²) in [5.41, 5.74) is 4.95. The Morgan fingerprint density at radius 1 is 1.06 bits per heavy atom. The molecule has 1 aliphatic heterocycles. The second-order valence-electron chi connectivity index (χ2n) is 8.66. The first-order valence-corrected chi connectivity index (χ1v) is 12.8. The van der Waals surface area contributed by atoms with E-state index in [0.717, 1.165) is 59.3 Å². The fraction of sp³-hybridized carbons (Fsp3) is 0.360. The largest absolute Gasteiger partial charge is 0.378 e. The normalized spacial score (nSPS) is 17.0. The monoisotopic (exact) mass is 450 g/mol. The van der Waals surface area contributed by atoms with E-state index in [0.29, 0.717) is 18.8 Å². The predicted molar refractivity (Wildman–Crippen MR) is 125 cm³/mol. The van der Waals surface area contributed by atoms with Gasteiger partial charge in [-0.3, -0.25) is 9.78 Å². The third kappa shape index (κ3) is 3.80. The van der Waals surface area contributed by atoms with Gasteiger partial charge in [-0.15, -0.1) is 0 Å². The molecule has 2 aliphatic rings. The summed E-state index contributed by atoms with van der Waals surface area (Å²) in [5.74, 6) is 0.195. The number of benzene rings is 2. The molecule has 0 spiro atoms. The molecule has 0 N–H and O–H groups in total. The average molecular weight is 451 g/mol. The lowest BCUT2D eigenvalue weighted by atomic mass is 9.90. The van der Waals surface area contributed by atoms with Gasteiger partial charge in [-0.1, -0.05) is 24.3 Å². The Morgan fingerprint density at radius 3 is 2.38 bits per heavy atom. The molecule has 1 aliphatic carbocycles. The van der Waals surface area contributed by atoms with E-state index in [1.54, 1.807) is 24.3 Å². The number of nitrogens with zero attached hydrogens (tertiary/aromatic N) is 2. The van der Waals surface area contributed by atoms with Gasteiger partial charge >= 0.3 is 0 Å². The summed E-state index contributed by atoms with van der Waals surface area (Å²) in [7, 11) is -3.30. The van der Waals surface area contributed by atoms with Crippen LogP contribution in [0, 0.1) is 12.8 Å². The van der Waals surface area contributed by atoms with Crippen molar-refractivity contribution in [2.24, 2.45) is 5.92 Å². The predicted octanol–water partition coefficient (Wildman–Crippen LogP) is 4.04. The van der Waals surface area contributed by atoms with Crippen molar-refractivity contribution < 1.29 is 17.9 Å². The van der Waals surface area contributed by atoms with Crippen molar-refractivity contribution in [2.45, 2.75) is 24.7 Å². The summed E-state index contributed by atoms with van der Waals surface area (Å²) < 4.78 is 29.4. The SMILES string of the molecule is Cc1nc2c(N3CCOCC3)cccc2c(-c2ccc(S(C)(=O)=O)cc2)c1C(=O)C1CC1. The molecule has 0 radical (unpaired) electrons. The molecule has 1 saturated carbocycles. The van der Waals surface area contributed by atoms with Crippen LogP contribution in [0.1, 0.15) is 28.9 Å². The molecule has 2 aromatic carbocycles. The maximum atomic E-state index is 13.3. The van der Waals surface area contributed by atoms with Gasteiger partial charge in [0.2, 0.25) is 0 Å². The number of anilines is 1. The zero-order valence-corrected chi connectivity index (χ0v) is 19.1.